The molecule has 0 aromatic heterocycles. The molecule has 0 spiro atoms. The van der Waals surface area contributed by atoms with Crippen molar-refractivity contribution >= 4 is 12.1 Å². The first-order valence-corrected chi connectivity index (χ1v) is 8.45. The van der Waals surface area contributed by atoms with E-state index in [-0.39, 0.29) is 0 Å². The number of hydrogen-bond acceptors (Lipinski definition) is 4. The standard InChI is InChI=1S/C16H32N4O3/c1-5-17-13(20-12-16(22)8-6-9-16)18-10-7-11-19-14(21)23-15(2,3)4/h22H,5-12H2,1-4H3,(H,19,21)(H2,17,18,20). The summed E-state index contributed by atoms with van der Waals surface area (Å²) in [4.78, 5) is 15.9. The zero-order chi connectivity index (χ0) is 17.3. The Morgan fingerprint density at radius 2 is 1.87 bits per heavy atom. The molecule has 7 nitrogen and oxygen atoms in total. The zero-order valence-corrected chi connectivity index (χ0v) is 14.9. The van der Waals surface area contributed by atoms with Crippen molar-refractivity contribution in [2.24, 2.45) is 4.99 Å². The Labute approximate surface area is 139 Å². The normalized spacial score (nSPS) is 17.2. The Kier molecular flexibility index (Phi) is 7.61. The van der Waals surface area contributed by atoms with Crippen LogP contribution in [0, 0.1) is 0 Å². The fourth-order valence-corrected chi connectivity index (χ4v) is 2.11. The van der Waals surface area contributed by atoms with Crippen molar-refractivity contribution in [2.45, 2.75) is 64.6 Å². The van der Waals surface area contributed by atoms with E-state index >= 15 is 0 Å². The largest absolute Gasteiger partial charge is 0.444 e. The van der Waals surface area contributed by atoms with Gasteiger partial charge in [-0.05, 0) is 53.4 Å². The van der Waals surface area contributed by atoms with Gasteiger partial charge in [0.25, 0.3) is 0 Å². The first-order valence-electron chi connectivity index (χ1n) is 8.45. The van der Waals surface area contributed by atoms with Crippen LogP contribution in [0.2, 0.25) is 0 Å². The maximum absolute atomic E-state index is 11.5. The SMILES string of the molecule is CCNC(=NCC1(O)CCC1)NCCCNC(=O)OC(C)(C)C. The number of aliphatic imine (C=N–C) groups is 1. The summed E-state index contributed by atoms with van der Waals surface area (Å²) < 4.78 is 5.16. The smallest absolute Gasteiger partial charge is 0.407 e. The van der Waals surface area contributed by atoms with Crippen LogP contribution in [0.5, 0.6) is 0 Å². The molecule has 1 fully saturated rings. The minimum atomic E-state index is -0.610. The molecule has 0 saturated heterocycles. The zero-order valence-electron chi connectivity index (χ0n) is 14.9. The number of nitrogens with zero attached hydrogens (tertiary/aromatic N) is 1. The Morgan fingerprint density at radius 1 is 1.22 bits per heavy atom. The first-order chi connectivity index (χ1) is 10.7. The van der Waals surface area contributed by atoms with Gasteiger partial charge in [-0.2, -0.15) is 0 Å². The summed E-state index contributed by atoms with van der Waals surface area (Å²) >= 11 is 0. The average molecular weight is 328 g/mol. The van der Waals surface area contributed by atoms with Gasteiger partial charge in [0.2, 0.25) is 0 Å². The van der Waals surface area contributed by atoms with E-state index < -0.39 is 17.3 Å². The third-order valence-electron chi connectivity index (χ3n) is 3.47. The van der Waals surface area contributed by atoms with Gasteiger partial charge in [-0.25, -0.2) is 4.79 Å². The Balaban J connectivity index is 2.20. The number of amides is 1. The summed E-state index contributed by atoms with van der Waals surface area (Å²) in [5, 5.41) is 19.1. The van der Waals surface area contributed by atoms with E-state index in [9.17, 15) is 9.90 Å². The molecule has 4 N–H and O–H groups in total. The number of carbonyl (C=O) groups is 1. The highest BCUT2D eigenvalue weighted by Gasteiger charge is 2.34. The number of hydrogen-bond donors (Lipinski definition) is 4. The van der Waals surface area contributed by atoms with Crippen LogP contribution in [0.4, 0.5) is 4.79 Å². The van der Waals surface area contributed by atoms with E-state index in [4.69, 9.17) is 4.74 Å². The summed E-state index contributed by atoms with van der Waals surface area (Å²) in [6, 6.07) is 0. The second kappa shape index (κ2) is 8.96. The molecule has 0 aromatic carbocycles. The first kappa shape index (κ1) is 19.5. The van der Waals surface area contributed by atoms with Gasteiger partial charge in [0.15, 0.2) is 5.96 Å². The molecule has 0 bridgehead atoms. The summed E-state index contributed by atoms with van der Waals surface area (Å²) in [6.45, 7) is 9.92. The van der Waals surface area contributed by atoms with Gasteiger partial charge in [0.1, 0.15) is 5.60 Å². The molecule has 1 saturated carbocycles. The monoisotopic (exact) mass is 328 g/mol. The molecular formula is C16H32N4O3. The highest BCUT2D eigenvalue weighted by molar-refractivity contribution is 5.79. The molecule has 0 heterocycles. The van der Waals surface area contributed by atoms with E-state index in [0.29, 0.717) is 25.6 Å². The van der Waals surface area contributed by atoms with Crippen molar-refractivity contribution in [3.8, 4) is 0 Å². The summed E-state index contributed by atoms with van der Waals surface area (Å²) in [5.41, 5.74) is -1.09. The lowest BCUT2D eigenvalue weighted by molar-refractivity contribution is -0.0236. The van der Waals surface area contributed by atoms with Crippen molar-refractivity contribution in [3.05, 3.63) is 0 Å². The number of guanidine groups is 1. The molecular weight excluding hydrogens is 296 g/mol. The predicted molar refractivity (Wildman–Crippen MR) is 91.6 cm³/mol. The van der Waals surface area contributed by atoms with Crippen LogP contribution in [0.1, 0.15) is 53.4 Å². The van der Waals surface area contributed by atoms with E-state index in [2.05, 4.69) is 20.9 Å². The molecule has 1 aliphatic rings. The fraction of sp³-hybridized carbons (Fsp3) is 0.875. The Hall–Kier alpha value is -1.50. The van der Waals surface area contributed by atoms with Crippen LogP contribution in [0.3, 0.4) is 0 Å². The molecule has 0 aromatic rings. The molecule has 23 heavy (non-hydrogen) atoms. The lowest BCUT2D eigenvalue weighted by atomic mass is 9.80. The van der Waals surface area contributed by atoms with E-state index in [0.717, 1.165) is 32.2 Å². The van der Waals surface area contributed by atoms with Crippen LogP contribution in [0.15, 0.2) is 4.99 Å². The van der Waals surface area contributed by atoms with Crippen LogP contribution in [0.25, 0.3) is 0 Å². The van der Waals surface area contributed by atoms with Crippen LogP contribution >= 0.6 is 0 Å². The minimum Gasteiger partial charge on any atom is -0.444 e. The third kappa shape index (κ3) is 8.64. The second-order valence-corrected chi connectivity index (χ2v) is 6.98. The van der Waals surface area contributed by atoms with Crippen molar-refractivity contribution < 1.29 is 14.6 Å². The molecule has 1 aliphatic carbocycles. The van der Waals surface area contributed by atoms with Gasteiger partial charge in [-0.15, -0.1) is 0 Å². The van der Waals surface area contributed by atoms with Crippen molar-refractivity contribution in [2.75, 3.05) is 26.2 Å². The van der Waals surface area contributed by atoms with Gasteiger partial charge in [-0.3, -0.25) is 4.99 Å². The summed E-state index contributed by atoms with van der Waals surface area (Å²) in [7, 11) is 0. The molecule has 7 heteroatoms. The average Bonchev–Trinajstić information content (AvgIpc) is 2.40. The minimum absolute atomic E-state index is 0.398. The maximum Gasteiger partial charge on any atom is 0.407 e. The molecule has 134 valence electrons. The highest BCUT2D eigenvalue weighted by Crippen LogP contribution is 2.31. The fourth-order valence-electron chi connectivity index (χ4n) is 2.11. The second-order valence-electron chi connectivity index (χ2n) is 6.98. The van der Waals surface area contributed by atoms with Crippen LogP contribution in [-0.4, -0.2) is 54.5 Å². The Bertz CT molecular complexity index is 401. The van der Waals surface area contributed by atoms with Crippen LogP contribution in [-0.2, 0) is 4.74 Å². The molecule has 0 atom stereocenters. The number of alkyl carbamates (subject to hydrolysis) is 1. The van der Waals surface area contributed by atoms with Crippen molar-refractivity contribution in [1.29, 1.82) is 0 Å². The summed E-state index contributed by atoms with van der Waals surface area (Å²) in [6.07, 6.45) is 3.09. The number of carbonyl (C=O) groups excluding carboxylic acids is 1. The topological polar surface area (TPSA) is 95.0 Å². The maximum atomic E-state index is 11.5. The van der Waals surface area contributed by atoms with Gasteiger partial charge < -0.3 is 25.8 Å². The van der Waals surface area contributed by atoms with Crippen molar-refractivity contribution in [3.63, 3.8) is 0 Å². The number of nitrogens with one attached hydrogen (secondary N) is 3. The predicted octanol–water partition coefficient (Wildman–Crippen LogP) is 1.37. The molecule has 0 radical (unpaired) electrons. The van der Waals surface area contributed by atoms with E-state index in [1.165, 1.54) is 0 Å². The molecule has 1 rings (SSSR count). The van der Waals surface area contributed by atoms with Gasteiger partial charge in [-0.1, -0.05) is 0 Å². The molecule has 0 aliphatic heterocycles. The quantitative estimate of drug-likeness (QED) is 0.322. The molecule has 1 amide bonds. The van der Waals surface area contributed by atoms with Crippen molar-refractivity contribution in [1.82, 2.24) is 16.0 Å². The highest BCUT2D eigenvalue weighted by atomic mass is 16.6. The lowest BCUT2D eigenvalue weighted by Crippen LogP contribution is -2.43. The summed E-state index contributed by atoms with van der Waals surface area (Å²) in [5.74, 6) is 0.699. The number of ether oxygens (including phenoxy) is 1. The Morgan fingerprint density at radius 3 is 2.39 bits per heavy atom. The van der Waals surface area contributed by atoms with Crippen LogP contribution < -0.4 is 16.0 Å². The van der Waals surface area contributed by atoms with E-state index in [1.807, 2.05) is 27.7 Å². The molecule has 0 unspecified atom stereocenters. The number of rotatable bonds is 7. The van der Waals surface area contributed by atoms with Gasteiger partial charge in [0, 0.05) is 19.6 Å². The van der Waals surface area contributed by atoms with Gasteiger partial charge in [0.05, 0.1) is 12.1 Å². The number of aliphatic hydroxyl groups is 1. The lowest BCUT2D eigenvalue weighted by Gasteiger charge is -2.35. The third-order valence-corrected chi connectivity index (χ3v) is 3.47. The van der Waals surface area contributed by atoms with Gasteiger partial charge >= 0.3 is 6.09 Å². The van der Waals surface area contributed by atoms with E-state index in [1.54, 1.807) is 0 Å².